The van der Waals surface area contributed by atoms with Gasteiger partial charge in [-0.2, -0.15) is 5.10 Å². The average molecular weight is 440 g/mol. The highest BCUT2D eigenvalue weighted by atomic mass is 32.2. The number of nitrogens with one attached hydrogen (secondary N) is 1. The van der Waals surface area contributed by atoms with Crippen LogP contribution in [0.2, 0.25) is 0 Å². The number of aromatic nitrogens is 3. The quantitative estimate of drug-likeness (QED) is 0.242. The van der Waals surface area contributed by atoms with Gasteiger partial charge in [0.15, 0.2) is 11.0 Å². The molecule has 3 aromatic carbocycles. The number of para-hydroxylation sites is 1. The Kier molecular flexibility index (Phi) is 7.23. The van der Waals surface area contributed by atoms with Crippen molar-refractivity contribution in [1.82, 2.24) is 20.2 Å². The number of hydrazone groups is 1. The number of allylic oxidation sites excluding steroid dienone is 1. The summed E-state index contributed by atoms with van der Waals surface area (Å²) in [6, 6.07) is 29.6. The third-order valence-corrected chi connectivity index (χ3v) is 5.38. The van der Waals surface area contributed by atoms with Gasteiger partial charge in [0, 0.05) is 17.5 Å². The number of hydrogen-bond donors (Lipinski definition) is 1. The fraction of sp³-hybridized carbons (Fsp3) is 0.0400. The third kappa shape index (κ3) is 5.59. The van der Waals surface area contributed by atoms with Crippen LogP contribution < -0.4 is 5.43 Å². The van der Waals surface area contributed by atoms with Crippen LogP contribution in [0, 0.1) is 0 Å². The van der Waals surface area contributed by atoms with E-state index in [0.29, 0.717) is 5.16 Å². The van der Waals surface area contributed by atoms with E-state index in [-0.39, 0.29) is 11.7 Å². The number of hydrogen-bond acceptors (Lipinski definition) is 5. The Balaban J connectivity index is 1.42. The molecule has 0 saturated carbocycles. The molecule has 0 saturated heterocycles. The Morgan fingerprint density at radius 1 is 0.906 bits per heavy atom. The van der Waals surface area contributed by atoms with Crippen LogP contribution in [0.25, 0.3) is 23.2 Å². The normalized spacial score (nSPS) is 11.2. The first-order chi connectivity index (χ1) is 15.8. The summed E-state index contributed by atoms with van der Waals surface area (Å²) >= 11 is 1.31. The molecule has 0 aliphatic heterocycles. The van der Waals surface area contributed by atoms with E-state index in [1.807, 2.05) is 102 Å². The lowest BCUT2D eigenvalue weighted by Gasteiger charge is -2.10. The van der Waals surface area contributed by atoms with E-state index in [1.54, 1.807) is 12.3 Å². The molecule has 1 amide bonds. The average Bonchev–Trinajstić information content (AvgIpc) is 3.28. The maximum atomic E-state index is 12.2. The highest BCUT2D eigenvalue weighted by molar-refractivity contribution is 7.99. The molecule has 1 heterocycles. The monoisotopic (exact) mass is 439 g/mol. The zero-order chi connectivity index (χ0) is 22.0. The molecule has 0 spiro atoms. The van der Waals surface area contributed by atoms with Crippen LogP contribution in [0.3, 0.4) is 0 Å². The van der Waals surface area contributed by atoms with Gasteiger partial charge in [0.2, 0.25) is 0 Å². The predicted octanol–water partition coefficient (Wildman–Crippen LogP) is 4.84. The fourth-order valence-electron chi connectivity index (χ4n) is 2.98. The standard InChI is InChI=1S/C25H21N5OS/c31-23(27-26-18-10-13-20-11-4-1-5-12-20)19-32-25-29-28-24(21-14-6-2-7-15-21)30(25)22-16-8-3-9-17-22/h1-18H,19H2,(H,27,31)/b13-10-,26-18+. The van der Waals surface area contributed by atoms with Gasteiger partial charge in [0.05, 0.1) is 5.75 Å². The first-order valence-electron chi connectivity index (χ1n) is 10.0. The number of carbonyl (C=O) groups is 1. The molecule has 0 aliphatic carbocycles. The summed E-state index contributed by atoms with van der Waals surface area (Å²) in [6.45, 7) is 0. The summed E-state index contributed by atoms with van der Waals surface area (Å²) in [5.74, 6) is 0.673. The van der Waals surface area contributed by atoms with Gasteiger partial charge in [-0.25, -0.2) is 5.43 Å². The molecule has 1 N–H and O–H groups in total. The molecule has 0 radical (unpaired) electrons. The Labute approximate surface area is 190 Å². The summed E-state index contributed by atoms with van der Waals surface area (Å²) in [7, 11) is 0. The van der Waals surface area contributed by atoms with E-state index in [1.165, 1.54) is 11.8 Å². The number of carbonyl (C=O) groups excluding carboxylic acids is 1. The fourth-order valence-corrected chi connectivity index (χ4v) is 3.72. The van der Waals surface area contributed by atoms with Gasteiger partial charge in [-0.3, -0.25) is 9.36 Å². The second-order valence-corrected chi connectivity index (χ2v) is 7.66. The number of nitrogens with zero attached hydrogens (tertiary/aromatic N) is 4. The van der Waals surface area contributed by atoms with E-state index in [2.05, 4.69) is 20.7 Å². The first-order valence-corrected chi connectivity index (χ1v) is 11.0. The third-order valence-electron chi connectivity index (χ3n) is 4.45. The molecule has 0 fully saturated rings. The van der Waals surface area contributed by atoms with Gasteiger partial charge >= 0.3 is 0 Å². The predicted molar refractivity (Wildman–Crippen MR) is 130 cm³/mol. The molecule has 4 rings (SSSR count). The number of rotatable bonds is 8. The number of benzene rings is 3. The lowest BCUT2D eigenvalue weighted by atomic mass is 10.2. The van der Waals surface area contributed by atoms with Gasteiger partial charge in [0.1, 0.15) is 0 Å². The number of amides is 1. The second-order valence-electron chi connectivity index (χ2n) is 6.71. The van der Waals surface area contributed by atoms with Crippen molar-refractivity contribution in [1.29, 1.82) is 0 Å². The largest absolute Gasteiger partial charge is 0.272 e. The summed E-state index contributed by atoms with van der Waals surface area (Å²) in [5, 5.41) is 13.3. The molecule has 7 heteroatoms. The van der Waals surface area contributed by atoms with Gasteiger partial charge in [0.25, 0.3) is 5.91 Å². The van der Waals surface area contributed by atoms with Crippen LogP contribution in [0.4, 0.5) is 0 Å². The van der Waals surface area contributed by atoms with Crippen LogP contribution in [-0.4, -0.2) is 32.6 Å². The SMILES string of the molecule is O=C(CSc1nnc(-c2ccccc2)n1-c1ccccc1)N/N=C/C=C\c1ccccc1. The topological polar surface area (TPSA) is 72.2 Å². The van der Waals surface area contributed by atoms with Crippen LogP contribution in [0.5, 0.6) is 0 Å². The van der Waals surface area contributed by atoms with Crippen molar-refractivity contribution in [2.45, 2.75) is 5.16 Å². The highest BCUT2D eigenvalue weighted by Crippen LogP contribution is 2.27. The molecule has 0 bridgehead atoms. The molecular weight excluding hydrogens is 418 g/mol. The van der Waals surface area contributed by atoms with Crippen molar-refractivity contribution in [2.24, 2.45) is 5.10 Å². The molecular formula is C25H21N5OS. The van der Waals surface area contributed by atoms with E-state index < -0.39 is 0 Å². The van der Waals surface area contributed by atoms with Crippen molar-refractivity contribution < 1.29 is 4.79 Å². The van der Waals surface area contributed by atoms with Crippen molar-refractivity contribution in [3.05, 3.63) is 103 Å². The van der Waals surface area contributed by atoms with Crippen LogP contribution >= 0.6 is 11.8 Å². The molecule has 4 aromatic rings. The van der Waals surface area contributed by atoms with Gasteiger partial charge < -0.3 is 0 Å². The van der Waals surface area contributed by atoms with Crippen LogP contribution in [0.1, 0.15) is 5.56 Å². The smallest absolute Gasteiger partial charge is 0.250 e. The van der Waals surface area contributed by atoms with Gasteiger partial charge in [-0.1, -0.05) is 96.7 Å². The van der Waals surface area contributed by atoms with Gasteiger partial charge in [-0.15, -0.1) is 10.2 Å². The van der Waals surface area contributed by atoms with Crippen LogP contribution in [-0.2, 0) is 4.79 Å². The zero-order valence-electron chi connectivity index (χ0n) is 17.2. The van der Waals surface area contributed by atoms with E-state index in [4.69, 9.17) is 0 Å². The maximum Gasteiger partial charge on any atom is 0.250 e. The van der Waals surface area contributed by atoms with Crippen molar-refractivity contribution in [2.75, 3.05) is 5.75 Å². The Morgan fingerprint density at radius 2 is 1.56 bits per heavy atom. The summed E-state index contributed by atoms with van der Waals surface area (Å²) in [6.07, 6.45) is 5.24. The van der Waals surface area contributed by atoms with Crippen molar-refractivity contribution >= 4 is 30.0 Å². The second kappa shape index (κ2) is 10.9. The molecule has 32 heavy (non-hydrogen) atoms. The molecule has 1 aromatic heterocycles. The van der Waals surface area contributed by atoms with E-state index >= 15 is 0 Å². The minimum atomic E-state index is -0.219. The van der Waals surface area contributed by atoms with E-state index in [9.17, 15) is 4.79 Å². The minimum Gasteiger partial charge on any atom is -0.272 e. The van der Waals surface area contributed by atoms with E-state index in [0.717, 1.165) is 22.6 Å². The van der Waals surface area contributed by atoms with Crippen molar-refractivity contribution in [3.8, 4) is 17.1 Å². The molecule has 0 aliphatic rings. The lowest BCUT2D eigenvalue weighted by Crippen LogP contribution is -2.19. The molecule has 0 unspecified atom stereocenters. The molecule has 0 atom stereocenters. The highest BCUT2D eigenvalue weighted by Gasteiger charge is 2.16. The molecule has 6 nitrogen and oxygen atoms in total. The maximum absolute atomic E-state index is 12.2. The Morgan fingerprint density at radius 3 is 2.28 bits per heavy atom. The summed E-state index contributed by atoms with van der Waals surface area (Å²) in [5.41, 5.74) is 5.49. The molecule has 158 valence electrons. The summed E-state index contributed by atoms with van der Waals surface area (Å²) in [4.78, 5) is 12.2. The number of thioether (sulfide) groups is 1. The van der Waals surface area contributed by atoms with Gasteiger partial charge in [-0.05, 0) is 23.8 Å². The zero-order valence-corrected chi connectivity index (χ0v) is 18.0. The minimum absolute atomic E-state index is 0.166. The Hall–Kier alpha value is -3.97. The Bertz CT molecular complexity index is 1210. The lowest BCUT2D eigenvalue weighted by molar-refractivity contribution is -0.118. The van der Waals surface area contributed by atoms with Crippen LogP contribution in [0.15, 0.2) is 107 Å². The summed E-state index contributed by atoms with van der Waals surface area (Å²) < 4.78 is 1.96. The first kappa shape index (κ1) is 21.3. The van der Waals surface area contributed by atoms with Crippen molar-refractivity contribution in [3.63, 3.8) is 0 Å².